The number of aliphatic imine (C=N–C) groups is 1. The summed E-state index contributed by atoms with van der Waals surface area (Å²) in [5, 5.41) is 22.7. The smallest absolute Gasteiger partial charge is 0.326 e. The first-order chi connectivity index (χ1) is 12.1. The number of nitrogens with two attached hydrogens (primary N) is 4. The number of hydrogen-bond donors (Lipinski definition) is 8. The van der Waals surface area contributed by atoms with E-state index >= 15 is 0 Å². The van der Waals surface area contributed by atoms with Crippen LogP contribution < -0.4 is 33.6 Å². The molecule has 3 atom stereocenters. The number of carboxylic acid groups (broad SMARTS) is 1. The van der Waals surface area contributed by atoms with Crippen LogP contribution in [0.15, 0.2) is 4.99 Å². The molecule has 148 valence electrons. The molecule has 0 aromatic carbocycles. The topological polar surface area (TPSA) is 249 Å². The van der Waals surface area contributed by atoms with Gasteiger partial charge in [-0.25, -0.2) is 4.79 Å². The van der Waals surface area contributed by atoms with Crippen LogP contribution in [0.4, 0.5) is 0 Å². The maximum atomic E-state index is 12.1. The van der Waals surface area contributed by atoms with Gasteiger partial charge < -0.3 is 43.8 Å². The zero-order valence-electron chi connectivity index (χ0n) is 14.1. The molecule has 0 fully saturated rings. The van der Waals surface area contributed by atoms with Crippen molar-refractivity contribution in [3.05, 3.63) is 0 Å². The number of carboxylic acids is 1. The minimum absolute atomic E-state index is 0.0190. The first-order valence-electron chi connectivity index (χ1n) is 7.62. The fraction of sp³-hybridized carbons (Fsp3) is 0.615. The van der Waals surface area contributed by atoms with Gasteiger partial charge in [0.25, 0.3) is 0 Å². The Morgan fingerprint density at radius 3 is 2.04 bits per heavy atom. The number of aliphatic carboxylic acids is 1. The Balaban J connectivity index is 4.71. The number of carbonyl (C=O) groups is 4. The normalized spacial score (nSPS) is 13.8. The van der Waals surface area contributed by atoms with Crippen molar-refractivity contribution in [3.63, 3.8) is 0 Å². The second-order valence-electron chi connectivity index (χ2n) is 5.37. The predicted octanol–water partition coefficient (Wildman–Crippen LogP) is -4.71. The van der Waals surface area contributed by atoms with E-state index in [1.165, 1.54) is 0 Å². The van der Waals surface area contributed by atoms with E-state index in [0.717, 1.165) is 0 Å². The standard InChI is InChI=1S/C13H25N7O6/c14-6(4-9(15)22)10(23)20-8(5-21)11(24)19-7(12(25)26)2-1-3-18-13(16)17/h6-8,21H,1-5,14H2,(H2,15,22)(H,19,24)(H,20,23)(H,25,26)(H4,16,17,18). The molecular formula is C13H25N7O6. The molecule has 12 N–H and O–H groups in total. The summed E-state index contributed by atoms with van der Waals surface area (Å²) >= 11 is 0. The largest absolute Gasteiger partial charge is 0.480 e. The predicted molar refractivity (Wildman–Crippen MR) is 90.3 cm³/mol. The highest BCUT2D eigenvalue weighted by Gasteiger charge is 2.27. The first-order valence-corrected chi connectivity index (χ1v) is 7.62. The molecule has 13 heteroatoms. The number of nitrogens with one attached hydrogen (secondary N) is 2. The first kappa shape index (κ1) is 23.1. The minimum Gasteiger partial charge on any atom is -0.480 e. The van der Waals surface area contributed by atoms with Crippen LogP contribution in [0.5, 0.6) is 0 Å². The van der Waals surface area contributed by atoms with Gasteiger partial charge in [0.1, 0.15) is 12.1 Å². The van der Waals surface area contributed by atoms with E-state index in [0.29, 0.717) is 0 Å². The molecule has 0 saturated carbocycles. The Kier molecular flexibility index (Phi) is 10.3. The third-order valence-electron chi connectivity index (χ3n) is 3.13. The number of nitrogens with zero attached hydrogens (tertiary/aromatic N) is 1. The van der Waals surface area contributed by atoms with E-state index in [9.17, 15) is 24.3 Å². The quantitative estimate of drug-likeness (QED) is 0.0924. The maximum Gasteiger partial charge on any atom is 0.326 e. The Bertz CT molecular complexity index is 549. The van der Waals surface area contributed by atoms with E-state index < -0.39 is 54.8 Å². The van der Waals surface area contributed by atoms with Gasteiger partial charge in [-0.3, -0.25) is 19.4 Å². The van der Waals surface area contributed by atoms with Crippen LogP contribution in [-0.4, -0.2) is 71.1 Å². The third-order valence-corrected chi connectivity index (χ3v) is 3.13. The third kappa shape index (κ3) is 9.39. The average molecular weight is 375 g/mol. The minimum atomic E-state index is -1.44. The van der Waals surface area contributed by atoms with Crippen molar-refractivity contribution in [2.24, 2.45) is 27.9 Å². The van der Waals surface area contributed by atoms with Crippen molar-refractivity contribution in [2.45, 2.75) is 37.4 Å². The molecule has 0 saturated heterocycles. The average Bonchev–Trinajstić information content (AvgIpc) is 2.53. The molecule has 0 aliphatic heterocycles. The molecule has 0 aromatic rings. The lowest BCUT2D eigenvalue weighted by molar-refractivity contribution is -0.142. The second kappa shape index (κ2) is 11.6. The zero-order chi connectivity index (χ0) is 20.3. The van der Waals surface area contributed by atoms with E-state index in [2.05, 4.69) is 15.6 Å². The monoisotopic (exact) mass is 375 g/mol. The van der Waals surface area contributed by atoms with Crippen molar-refractivity contribution in [1.29, 1.82) is 0 Å². The van der Waals surface area contributed by atoms with Gasteiger partial charge in [-0.2, -0.15) is 0 Å². The van der Waals surface area contributed by atoms with Gasteiger partial charge >= 0.3 is 5.97 Å². The Hall–Kier alpha value is -2.93. The summed E-state index contributed by atoms with van der Waals surface area (Å²) in [4.78, 5) is 49.4. The van der Waals surface area contributed by atoms with Gasteiger partial charge in [0.15, 0.2) is 5.96 Å². The molecule has 0 radical (unpaired) electrons. The summed E-state index contributed by atoms with van der Waals surface area (Å²) in [5.41, 5.74) is 20.6. The molecular weight excluding hydrogens is 350 g/mol. The number of rotatable bonds is 12. The second-order valence-corrected chi connectivity index (χ2v) is 5.37. The van der Waals surface area contributed by atoms with Gasteiger partial charge in [-0.05, 0) is 12.8 Å². The molecule has 0 spiro atoms. The molecule has 0 rings (SSSR count). The van der Waals surface area contributed by atoms with Crippen molar-refractivity contribution in [3.8, 4) is 0 Å². The van der Waals surface area contributed by atoms with Crippen LogP contribution in [0, 0.1) is 0 Å². The van der Waals surface area contributed by atoms with Crippen LogP contribution >= 0.6 is 0 Å². The molecule has 3 unspecified atom stereocenters. The molecule has 26 heavy (non-hydrogen) atoms. The summed E-state index contributed by atoms with van der Waals surface area (Å²) in [6.45, 7) is -0.634. The van der Waals surface area contributed by atoms with E-state index in [1.807, 2.05) is 0 Å². The van der Waals surface area contributed by atoms with Crippen molar-refractivity contribution < 1.29 is 29.4 Å². The lowest BCUT2D eigenvalue weighted by Gasteiger charge is -2.21. The molecule has 0 aliphatic carbocycles. The molecule has 13 nitrogen and oxygen atoms in total. The maximum absolute atomic E-state index is 12.1. The Morgan fingerprint density at radius 2 is 1.58 bits per heavy atom. The van der Waals surface area contributed by atoms with Gasteiger partial charge in [0.05, 0.1) is 19.1 Å². The van der Waals surface area contributed by atoms with Crippen LogP contribution in [0.1, 0.15) is 19.3 Å². The van der Waals surface area contributed by atoms with E-state index in [-0.39, 0.29) is 25.3 Å². The molecule has 0 aromatic heterocycles. The molecule has 0 bridgehead atoms. The number of guanidine groups is 1. The van der Waals surface area contributed by atoms with Gasteiger partial charge in [0, 0.05) is 6.54 Å². The SMILES string of the molecule is NC(=O)CC(N)C(=O)NC(CO)C(=O)NC(CCCN=C(N)N)C(=O)O. The summed E-state index contributed by atoms with van der Waals surface area (Å²) < 4.78 is 0. The molecule has 0 heterocycles. The Labute approximate surface area is 149 Å². The van der Waals surface area contributed by atoms with Crippen molar-refractivity contribution in [2.75, 3.05) is 13.2 Å². The highest BCUT2D eigenvalue weighted by Crippen LogP contribution is 2.00. The van der Waals surface area contributed by atoms with Crippen LogP contribution in [0.25, 0.3) is 0 Å². The number of aliphatic hydroxyl groups is 1. The van der Waals surface area contributed by atoms with Crippen LogP contribution in [0.3, 0.4) is 0 Å². The highest BCUT2D eigenvalue weighted by molar-refractivity contribution is 5.93. The van der Waals surface area contributed by atoms with Crippen LogP contribution in [-0.2, 0) is 19.2 Å². The molecule has 3 amide bonds. The van der Waals surface area contributed by atoms with E-state index in [4.69, 9.17) is 28.0 Å². The number of aliphatic hydroxyl groups excluding tert-OH is 1. The fourth-order valence-electron chi connectivity index (χ4n) is 1.82. The highest BCUT2D eigenvalue weighted by atomic mass is 16.4. The number of amides is 3. The van der Waals surface area contributed by atoms with Gasteiger partial charge in [-0.1, -0.05) is 0 Å². The summed E-state index contributed by atoms with van der Waals surface area (Å²) in [6, 6.07) is -4.02. The van der Waals surface area contributed by atoms with Crippen molar-refractivity contribution in [1.82, 2.24) is 10.6 Å². The van der Waals surface area contributed by atoms with Gasteiger partial charge in [0.2, 0.25) is 17.7 Å². The van der Waals surface area contributed by atoms with Crippen molar-refractivity contribution >= 4 is 29.7 Å². The lowest BCUT2D eigenvalue weighted by Crippen LogP contribution is -2.56. The Morgan fingerprint density at radius 1 is 1.00 bits per heavy atom. The fourth-order valence-corrected chi connectivity index (χ4v) is 1.82. The number of primary amides is 1. The van der Waals surface area contributed by atoms with Crippen LogP contribution in [0.2, 0.25) is 0 Å². The summed E-state index contributed by atoms with van der Waals surface area (Å²) in [7, 11) is 0. The number of carbonyl (C=O) groups excluding carboxylic acids is 3. The lowest BCUT2D eigenvalue weighted by atomic mass is 10.1. The zero-order valence-corrected chi connectivity index (χ0v) is 14.1. The number of hydrogen-bond acceptors (Lipinski definition) is 7. The van der Waals surface area contributed by atoms with Gasteiger partial charge in [-0.15, -0.1) is 0 Å². The van der Waals surface area contributed by atoms with E-state index in [1.54, 1.807) is 0 Å². The molecule has 0 aliphatic rings. The summed E-state index contributed by atoms with van der Waals surface area (Å²) in [5.74, 6) is -4.09. The summed E-state index contributed by atoms with van der Waals surface area (Å²) in [6.07, 6.45) is -0.159.